The lowest BCUT2D eigenvalue weighted by molar-refractivity contribution is -0.0138. The van der Waals surface area contributed by atoms with Crippen LogP contribution in [0.1, 0.15) is 32.6 Å². The van der Waals surface area contributed by atoms with E-state index >= 15 is 0 Å². The summed E-state index contributed by atoms with van der Waals surface area (Å²) >= 11 is 0. The molecule has 0 aromatic rings. The zero-order valence-corrected chi connectivity index (χ0v) is 13.2. The number of likely N-dealkylation sites (tertiary alicyclic amines) is 1. The lowest BCUT2D eigenvalue weighted by Gasteiger charge is -2.43. The fraction of sp³-hybridized carbons (Fsp3) is 0.812. The van der Waals surface area contributed by atoms with E-state index < -0.39 is 0 Å². The Hall–Kier alpha value is -1.25. The van der Waals surface area contributed by atoms with Gasteiger partial charge in [0.25, 0.3) is 0 Å². The molecule has 0 amide bonds. The SMILES string of the molecule is C#CCNC(=NCC1(N2CCCC2)CCOCC1)NCC. The Morgan fingerprint density at radius 2 is 2.00 bits per heavy atom. The first-order chi connectivity index (χ1) is 10.3. The van der Waals surface area contributed by atoms with Crippen molar-refractivity contribution in [3.05, 3.63) is 0 Å². The van der Waals surface area contributed by atoms with Gasteiger partial charge in [-0.1, -0.05) is 5.92 Å². The molecule has 0 aromatic heterocycles. The molecule has 0 bridgehead atoms. The molecule has 2 heterocycles. The summed E-state index contributed by atoms with van der Waals surface area (Å²) in [5.41, 5.74) is 0.174. The van der Waals surface area contributed by atoms with E-state index in [-0.39, 0.29) is 5.54 Å². The summed E-state index contributed by atoms with van der Waals surface area (Å²) in [6, 6.07) is 0. The monoisotopic (exact) mass is 292 g/mol. The van der Waals surface area contributed by atoms with Gasteiger partial charge in [0, 0.05) is 25.3 Å². The highest BCUT2D eigenvalue weighted by molar-refractivity contribution is 5.80. The maximum atomic E-state index is 5.57. The second-order valence-electron chi connectivity index (χ2n) is 5.78. The summed E-state index contributed by atoms with van der Waals surface area (Å²) in [5, 5.41) is 6.43. The van der Waals surface area contributed by atoms with E-state index in [9.17, 15) is 0 Å². The van der Waals surface area contributed by atoms with Crippen molar-refractivity contribution in [1.29, 1.82) is 0 Å². The molecule has 2 aliphatic heterocycles. The second-order valence-corrected chi connectivity index (χ2v) is 5.78. The summed E-state index contributed by atoms with van der Waals surface area (Å²) in [6.45, 7) is 8.32. The lowest BCUT2D eigenvalue weighted by Crippen LogP contribution is -2.54. The van der Waals surface area contributed by atoms with Crippen molar-refractivity contribution in [1.82, 2.24) is 15.5 Å². The van der Waals surface area contributed by atoms with Gasteiger partial charge in [0.1, 0.15) is 0 Å². The van der Waals surface area contributed by atoms with Crippen molar-refractivity contribution in [2.45, 2.75) is 38.1 Å². The Kier molecular flexibility index (Phi) is 6.34. The third kappa shape index (κ3) is 4.36. The molecule has 2 rings (SSSR count). The fourth-order valence-electron chi connectivity index (χ4n) is 3.22. The maximum absolute atomic E-state index is 5.57. The molecular formula is C16H28N4O. The first-order valence-electron chi connectivity index (χ1n) is 8.09. The van der Waals surface area contributed by atoms with Crippen LogP contribution in [0.4, 0.5) is 0 Å². The summed E-state index contributed by atoms with van der Waals surface area (Å²) in [7, 11) is 0. The van der Waals surface area contributed by atoms with Gasteiger partial charge in [-0.05, 0) is 45.7 Å². The smallest absolute Gasteiger partial charge is 0.192 e. The average Bonchev–Trinajstić information content (AvgIpc) is 3.06. The van der Waals surface area contributed by atoms with Gasteiger partial charge in [-0.25, -0.2) is 0 Å². The number of nitrogens with zero attached hydrogens (tertiary/aromatic N) is 2. The molecule has 2 saturated heterocycles. The summed E-state index contributed by atoms with van der Waals surface area (Å²) < 4.78 is 5.57. The Morgan fingerprint density at radius 1 is 1.29 bits per heavy atom. The van der Waals surface area contributed by atoms with Crippen LogP contribution in [0.15, 0.2) is 4.99 Å². The number of ether oxygens (including phenoxy) is 1. The molecule has 0 aromatic carbocycles. The quantitative estimate of drug-likeness (QED) is 0.447. The van der Waals surface area contributed by atoms with E-state index in [1.807, 2.05) is 0 Å². The minimum absolute atomic E-state index is 0.174. The van der Waals surface area contributed by atoms with Gasteiger partial charge in [-0.3, -0.25) is 9.89 Å². The van der Waals surface area contributed by atoms with E-state index in [1.54, 1.807) is 0 Å². The van der Waals surface area contributed by atoms with Crippen molar-refractivity contribution >= 4 is 5.96 Å². The van der Waals surface area contributed by atoms with Crippen molar-refractivity contribution in [2.24, 2.45) is 4.99 Å². The van der Waals surface area contributed by atoms with Gasteiger partial charge in [0.15, 0.2) is 5.96 Å². The lowest BCUT2D eigenvalue weighted by atomic mass is 9.88. The molecule has 5 heteroatoms. The number of hydrogen-bond donors (Lipinski definition) is 2. The van der Waals surface area contributed by atoms with E-state index in [2.05, 4.69) is 28.4 Å². The number of rotatable bonds is 5. The Morgan fingerprint density at radius 3 is 2.62 bits per heavy atom. The van der Waals surface area contributed by atoms with Crippen molar-refractivity contribution in [3.8, 4) is 12.3 Å². The molecule has 0 unspecified atom stereocenters. The molecule has 2 fully saturated rings. The topological polar surface area (TPSA) is 48.9 Å². The first-order valence-corrected chi connectivity index (χ1v) is 8.09. The third-order valence-corrected chi connectivity index (χ3v) is 4.43. The predicted molar refractivity (Wildman–Crippen MR) is 86.4 cm³/mol. The Balaban J connectivity index is 2.04. The summed E-state index contributed by atoms with van der Waals surface area (Å²) in [4.78, 5) is 7.42. The van der Waals surface area contributed by atoms with Crippen LogP contribution in [0.2, 0.25) is 0 Å². The van der Waals surface area contributed by atoms with E-state index in [0.717, 1.165) is 45.1 Å². The van der Waals surface area contributed by atoms with Gasteiger partial charge in [0.05, 0.1) is 13.1 Å². The minimum atomic E-state index is 0.174. The zero-order valence-electron chi connectivity index (χ0n) is 13.2. The van der Waals surface area contributed by atoms with Gasteiger partial charge in [-0.2, -0.15) is 0 Å². The average molecular weight is 292 g/mol. The largest absolute Gasteiger partial charge is 0.381 e. The van der Waals surface area contributed by atoms with Crippen LogP contribution < -0.4 is 10.6 Å². The molecule has 118 valence electrons. The van der Waals surface area contributed by atoms with E-state index in [1.165, 1.54) is 25.9 Å². The molecule has 5 nitrogen and oxygen atoms in total. The number of hydrogen-bond acceptors (Lipinski definition) is 3. The molecule has 0 atom stereocenters. The molecule has 21 heavy (non-hydrogen) atoms. The highest BCUT2D eigenvalue weighted by Crippen LogP contribution is 2.31. The summed E-state index contributed by atoms with van der Waals surface area (Å²) in [5.74, 6) is 3.42. The second kappa shape index (κ2) is 8.26. The van der Waals surface area contributed by atoms with Crippen LogP contribution >= 0.6 is 0 Å². The van der Waals surface area contributed by atoms with E-state index in [4.69, 9.17) is 16.2 Å². The highest BCUT2D eigenvalue weighted by atomic mass is 16.5. The molecule has 0 radical (unpaired) electrons. The molecule has 2 N–H and O–H groups in total. The first kappa shape index (κ1) is 16.1. The number of terminal acetylenes is 1. The maximum Gasteiger partial charge on any atom is 0.192 e. The predicted octanol–water partition coefficient (Wildman–Crippen LogP) is 0.820. The Bertz CT molecular complexity index is 376. The highest BCUT2D eigenvalue weighted by Gasteiger charge is 2.39. The Labute approximate surface area is 128 Å². The summed E-state index contributed by atoms with van der Waals surface area (Å²) in [6.07, 6.45) is 10.1. The van der Waals surface area contributed by atoms with Gasteiger partial charge >= 0.3 is 0 Å². The number of nitrogens with one attached hydrogen (secondary N) is 2. The standard InChI is InChI=1S/C16H28N4O/c1-3-9-18-15(17-4-2)19-14-16(7-12-21-13-8-16)20-10-5-6-11-20/h1H,4-14H2,2H3,(H2,17,18,19). The van der Waals surface area contributed by atoms with Crippen LogP contribution in [0.25, 0.3) is 0 Å². The molecule has 0 aliphatic carbocycles. The van der Waals surface area contributed by atoms with Crippen LogP contribution in [-0.2, 0) is 4.74 Å². The van der Waals surface area contributed by atoms with E-state index in [0.29, 0.717) is 6.54 Å². The van der Waals surface area contributed by atoms with Crippen LogP contribution in [-0.4, -0.2) is 62.3 Å². The normalized spacial score (nSPS) is 22.8. The van der Waals surface area contributed by atoms with Crippen LogP contribution in [0.3, 0.4) is 0 Å². The van der Waals surface area contributed by atoms with Gasteiger partial charge < -0.3 is 15.4 Å². The molecule has 0 spiro atoms. The number of aliphatic imine (C=N–C) groups is 1. The fourth-order valence-corrected chi connectivity index (χ4v) is 3.22. The van der Waals surface area contributed by atoms with Crippen molar-refractivity contribution < 1.29 is 4.74 Å². The zero-order chi connectivity index (χ0) is 15.0. The molecular weight excluding hydrogens is 264 g/mol. The van der Waals surface area contributed by atoms with Gasteiger partial charge in [-0.15, -0.1) is 6.42 Å². The van der Waals surface area contributed by atoms with Crippen LogP contribution in [0, 0.1) is 12.3 Å². The van der Waals surface area contributed by atoms with Crippen molar-refractivity contribution in [3.63, 3.8) is 0 Å². The van der Waals surface area contributed by atoms with Crippen molar-refractivity contribution in [2.75, 3.05) is 45.9 Å². The molecule has 2 aliphatic rings. The molecule has 0 saturated carbocycles. The number of guanidine groups is 1. The third-order valence-electron chi connectivity index (χ3n) is 4.43. The van der Waals surface area contributed by atoms with Gasteiger partial charge in [0.2, 0.25) is 0 Å². The minimum Gasteiger partial charge on any atom is -0.381 e. The van der Waals surface area contributed by atoms with Crippen LogP contribution in [0.5, 0.6) is 0 Å².